The predicted molar refractivity (Wildman–Crippen MR) is 54.5 cm³/mol. The maximum absolute atomic E-state index is 11.1. The Morgan fingerprint density at radius 2 is 1.40 bits per heavy atom. The Morgan fingerprint density at radius 1 is 1.00 bits per heavy atom. The molecule has 0 aromatic rings. The van der Waals surface area contributed by atoms with Gasteiger partial charge in [-0.25, -0.2) is 4.79 Å². The average molecular weight is 216 g/mol. The van der Waals surface area contributed by atoms with Gasteiger partial charge in [-0.2, -0.15) is 4.99 Å². The number of aliphatic imine (C=N–C) groups is 1. The minimum atomic E-state index is -0.934. The summed E-state index contributed by atoms with van der Waals surface area (Å²) in [5.41, 5.74) is -1.33. The van der Waals surface area contributed by atoms with E-state index in [1.165, 1.54) is 0 Å². The molecule has 0 heterocycles. The number of carbonyl (C=O) groups excluding carboxylic acids is 1. The quantitative estimate of drug-likeness (QED) is 0.454. The standard InChI is InChI=1S/C10H19NO4/c1-9(2,3)14-7(12)11-8(13)15-10(4,5)6/h1-6H3,(H,11,12,13)/p-1. The van der Waals surface area contributed by atoms with E-state index in [1.807, 2.05) is 0 Å². The van der Waals surface area contributed by atoms with Gasteiger partial charge in [-0.1, -0.05) is 20.8 Å². The maximum atomic E-state index is 11.1. The van der Waals surface area contributed by atoms with E-state index in [9.17, 15) is 9.90 Å². The Kier molecular flexibility index (Phi) is 4.13. The lowest BCUT2D eigenvalue weighted by atomic mass is 10.2. The van der Waals surface area contributed by atoms with E-state index < -0.39 is 23.4 Å². The summed E-state index contributed by atoms with van der Waals surface area (Å²) in [6.07, 6.45) is -1.87. The lowest BCUT2D eigenvalue weighted by Crippen LogP contribution is -2.33. The molecule has 0 aliphatic heterocycles. The highest BCUT2D eigenvalue weighted by molar-refractivity contribution is 5.81. The molecule has 0 atom stereocenters. The van der Waals surface area contributed by atoms with Crippen LogP contribution < -0.4 is 5.11 Å². The van der Waals surface area contributed by atoms with E-state index in [-0.39, 0.29) is 0 Å². The van der Waals surface area contributed by atoms with E-state index >= 15 is 0 Å². The van der Waals surface area contributed by atoms with Gasteiger partial charge in [-0.3, -0.25) is 0 Å². The lowest BCUT2D eigenvalue weighted by molar-refractivity contribution is -0.260. The number of nitrogens with zero attached hydrogens (tertiary/aromatic N) is 1. The average Bonchev–Trinajstić information content (AvgIpc) is 1.73. The molecule has 0 aliphatic rings. The molecule has 0 bridgehead atoms. The molecule has 0 N–H and O–H groups in total. The first kappa shape index (κ1) is 13.7. The molecule has 0 rings (SSSR count). The lowest BCUT2D eigenvalue weighted by Gasteiger charge is -2.29. The van der Waals surface area contributed by atoms with Crippen molar-refractivity contribution in [1.82, 2.24) is 0 Å². The van der Waals surface area contributed by atoms with Crippen molar-refractivity contribution >= 4 is 12.2 Å². The maximum Gasteiger partial charge on any atom is 0.435 e. The van der Waals surface area contributed by atoms with Crippen molar-refractivity contribution in [3.8, 4) is 0 Å². The third-order valence-corrected chi connectivity index (χ3v) is 0.970. The fraction of sp³-hybridized carbons (Fsp3) is 0.800. The summed E-state index contributed by atoms with van der Waals surface area (Å²) >= 11 is 0. The van der Waals surface area contributed by atoms with Gasteiger partial charge in [0, 0.05) is 5.60 Å². The minimum absolute atomic E-state index is 0.664. The van der Waals surface area contributed by atoms with Crippen LogP contribution in [0.15, 0.2) is 4.99 Å². The van der Waals surface area contributed by atoms with Crippen LogP contribution in [0.1, 0.15) is 41.5 Å². The third kappa shape index (κ3) is 9.05. The summed E-state index contributed by atoms with van der Waals surface area (Å²) in [6, 6.07) is 0. The Morgan fingerprint density at radius 3 is 1.73 bits per heavy atom. The number of amides is 1. The van der Waals surface area contributed by atoms with Crippen LogP contribution in [0.4, 0.5) is 4.79 Å². The van der Waals surface area contributed by atoms with Gasteiger partial charge in [0.1, 0.15) is 5.60 Å². The minimum Gasteiger partial charge on any atom is -0.594 e. The summed E-state index contributed by atoms with van der Waals surface area (Å²) in [4.78, 5) is 14.2. The first-order chi connectivity index (χ1) is 6.49. The molecule has 5 heteroatoms. The molecular weight excluding hydrogens is 198 g/mol. The number of ether oxygens (including phenoxy) is 2. The molecule has 1 amide bonds. The SMILES string of the molecule is CC(C)(C)OC(=O)/N=C(\[O-])OC(C)(C)C. The van der Waals surface area contributed by atoms with Gasteiger partial charge in [0.25, 0.3) is 0 Å². The van der Waals surface area contributed by atoms with E-state index in [2.05, 4.69) is 4.99 Å². The van der Waals surface area contributed by atoms with Crippen molar-refractivity contribution in [2.45, 2.75) is 52.7 Å². The summed E-state index contributed by atoms with van der Waals surface area (Å²) < 4.78 is 9.63. The predicted octanol–water partition coefficient (Wildman–Crippen LogP) is 1.45. The second kappa shape index (κ2) is 4.51. The second-order valence-corrected chi connectivity index (χ2v) is 5.07. The van der Waals surface area contributed by atoms with Crippen LogP contribution in [0.3, 0.4) is 0 Å². The van der Waals surface area contributed by atoms with Gasteiger partial charge in [-0.15, -0.1) is 0 Å². The topological polar surface area (TPSA) is 71.0 Å². The van der Waals surface area contributed by atoms with E-state index in [0.29, 0.717) is 0 Å². The Bertz CT molecular complexity index is 258. The van der Waals surface area contributed by atoms with Crippen molar-refractivity contribution in [3.05, 3.63) is 0 Å². The monoisotopic (exact) mass is 216 g/mol. The van der Waals surface area contributed by atoms with Crippen LogP contribution in [0.5, 0.6) is 0 Å². The van der Waals surface area contributed by atoms with Crippen molar-refractivity contribution in [2.75, 3.05) is 0 Å². The first-order valence-electron chi connectivity index (χ1n) is 4.67. The fourth-order valence-electron chi connectivity index (χ4n) is 0.644. The molecule has 15 heavy (non-hydrogen) atoms. The highest BCUT2D eigenvalue weighted by atomic mass is 16.6. The normalized spacial score (nSPS) is 13.6. The second-order valence-electron chi connectivity index (χ2n) is 5.07. The van der Waals surface area contributed by atoms with Crippen LogP contribution in [0, 0.1) is 0 Å². The van der Waals surface area contributed by atoms with E-state index in [4.69, 9.17) is 9.47 Å². The van der Waals surface area contributed by atoms with Gasteiger partial charge >= 0.3 is 6.09 Å². The van der Waals surface area contributed by atoms with Crippen LogP contribution >= 0.6 is 0 Å². The molecule has 0 saturated heterocycles. The summed E-state index contributed by atoms with van der Waals surface area (Å²) in [7, 11) is 0. The summed E-state index contributed by atoms with van der Waals surface area (Å²) in [5.74, 6) is 0. The van der Waals surface area contributed by atoms with Crippen molar-refractivity contribution in [1.29, 1.82) is 0 Å². The molecule has 88 valence electrons. The number of rotatable bonds is 0. The molecule has 0 saturated carbocycles. The van der Waals surface area contributed by atoms with Gasteiger partial charge in [0.15, 0.2) is 6.08 Å². The summed E-state index contributed by atoms with van der Waals surface area (Å²) in [5, 5.41) is 11.1. The molecule has 0 spiro atoms. The van der Waals surface area contributed by atoms with Crippen molar-refractivity contribution in [2.24, 2.45) is 4.99 Å². The van der Waals surface area contributed by atoms with Crippen LogP contribution in [-0.2, 0) is 9.47 Å². The van der Waals surface area contributed by atoms with Crippen LogP contribution in [-0.4, -0.2) is 23.4 Å². The smallest absolute Gasteiger partial charge is 0.435 e. The number of hydrogen-bond donors (Lipinski definition) is 0. The third-order valence-electron chi connectivity index (χ3n) is 0.970. The zero-order chi connectivity index (χ0) is 12.3. The van der Waals surface area contributed by atoms with E-state index in [1.54, 1.807) is 41.5 Å². The Labute approximate surface area is 90.1 Å². The zero-order valence-corrected chi connectivity index (χ0v) is 10.1. The highest BCUT2D eigenvalue weighted by Gasteiger charge is 2.15. The van der Waals surface area contributed by atoms with Gasteiger partial charge in [0.05, 0.1) is 0 Å². The molecule has 0 radical (unpaired) electrons. The number of hydrogen-bond acceptors (Lipinski definition) is 4. The largest absolute Gasteiger partial charge is 0.594 e. The van der Waals surface area contributed by atoms with Crippen LogP contribution in [0.2, 0.25) is 0 Å². The van der Waals surface area contributed by atoms with Crippen molar-refractivity contribution < 1.29 is 19.4 Å². The Balaban J connectivity index is 4.31. The van der Waals surface area contributed by atoms with Crippen LogP contribution in [0.25, 0.3) is 0 Å². The molecule has 0 aromatic carbocycles. The molecule has 0 aliphatic carbocycles. The van der Waals surface area contributed by atoms with Gasteiger partial charge in [0.2, 0.25) is 0 Å². The molecule has 5 nitrogen and oxygen atoms in total. The molecule has 0 fully saturated rings. The number of carbonyl (C=O) groups is 1. The van der Waals surface area contributed by atoms with E-state index in [0.717, 1.165) is 0 Å². The molecular formula is C10H18NO4-. The highest BCUT2D eigenvalue weighted by Crippen LogP contribution is 2.09. The summed E-state index contributed by atoms with van der Waals surface area (Å²) in [6.45, 7) is 10.1. The zero-order valence-electron chi connectivity index (χ0n) is 10.1. The Hall–Kier alpha value is -1.26. The fourth-order valence-corrected chi connectivity index (χ4v) is 0.644. The van der Waals surface area contributed by atoms with Gasteiger partial charge in [-0.05, 0) is 20.8 Å². The van der Waals surface area contributed by atoms with Gasteiger partial charge < -0.3 is 14.6 Å². The first-order valence-corrected chi connectivity index (χ1v) is 4.67. The van der Waals surface area contributed by atoms with Crippen molar-refractivity contribution in [3.63, 3.8) is 0 Å². The molecule has 0 unspecified atom stereocenters. The molecule has 0 aromatic heterocycles.